The zero-order valence-corrected chi connectivity index (χ0v) is 13.4. The molecule has 0 fully saturated rings. The van der Waals surface area contributed by atoms with Gasteiger partial charge in [-0.25, -0.2) is 0 Å². The Bertz CT molecular complexity index is 918. The normalized spacial score (nSPS) is 12.4. The van der Waals surface area contributed by atoms with Crippen LogP contribution in [0.4, 0.5) is 5.69 Å². The van der Waals surface area contributed by atoms with E-state index >= 15 is 0 Å². The van der Waals surface area contributed by atoms with Gasteiger partial charge in [0.25, 0.3) is 5.69 Å². The van der Waals surface area contributed by atoms with Gasteiger partial charge in [0.1, 0.15) is 17.3 Å². The molecule has 0 aliphatic rings. The summed E-state index contributed by atoms with van der Waals surface area (Å²) in [5.74, 6) is -1.04. The lowest BCUT2D eigenvalue weighted by atomic mass is 9.85. The first-order chi connectivity index (χ1) is 11.2. The number of nitro benzene ring substituents is 1. The van der Waals surface area contributed by atoms with Crippen LogP contribution in [-0.2, 0) is 4.79 Å². The molecule has 7 nitrogen and oxygen atoms in total. The number of rotatable bonds is 3. The molecule has 0 unspecified atom stereocenters. The summed E-state index contributed by atoms with van der Waals surface area (Å²) in [5, 5.41) is 31.5. The van der Waals surface area contributed by atoms with Crippen LogP contribution in [0.25, 0.3) is 16.5 Å². The molecular formula is C17H15N3O4. The minimum atomic E-state index is -0.845. The second kappa shape index (κ2) is 6.08. The van der Waals surface area contributed by atoms with Gasteiger partial charge in [-0.05, 0) is 17.5 Å². The SMILES string of the molecule is CC(C)(C)C(=O)C(C#N)=C(O)c1nccc2cc([N+](=O)[O-])ccc12. The quantitative estimate of drug-likeness (QED) is 0.303. The maximum absolute atomic E-state index is 12.3. The third kappa shape index (κ3) is 3.08. The topological polar surface area (TPSA) is 117 Å². The van der Waals surface area contributed by atoms with E-state index in [1.807, 2.05) is 0 Å². The third-order valence-electron chi connectivity index (χ3n) is 3.44. The Morgan fingerprint density at radius 2 is 2.00 bits per heavy atom. The van der Waals surface area contributed by atoms with Gasteiger partial charge in [-0.3, -0.25) is 19.9 Å². The number of carbonyl (C=O) groups excluding carboxylic acids is 1. The molecule has 0 aliphatic carbocycles. The van der Waals surface area contributed by atoms with Crippen molar-refractivity contribution in [3.8, 4) is 6.07 Å². The van der Waals surface area contributed by atoms with Crippen molar-refractivity contribution in [3.63, 3.8) is 0 Å². The molecule has 2 aromatic rings. The molecule has 0 radical (unpaired) electrons. The van der Waals surface area contributed by atoms with E-state index in [1.165, 1.54) is 24.4 Å². The molecule has 1 aromatic heterocycles. The number of Topliss-reactive ketones (excluding diaryl/α,β-unsaturated/α-hetero) is 1. The van der Waals surface area contributed by atoms with Crippen LogP contribution in [0, 0.1) is 26.9 Å². The van der Waals surface area contributed by atoms with Crippen molar-refractivity contribution in [2.45, 2.75) is 20.8 Å². The van der Waals surface area contributed by atoms with Crippen molar-refractivity contribution in [1.82, 2.24) is 4.98 Å². The molecule has 2 rings (SSSR count). The number of fused-ring (bicyclic) bond motifs is 1. The summed E-state index contributed by atoms with van der Waals surface area (Å²) in [5.41, 5.74) is -1.30. The van der Waals surface area contributed by atoms with E-state index in [-0.39, 0.29) is 17.0 Å². The average molecular weight is 325 g/mol. The van der Waals surface area contributed by atoms with Crippen LogP contribution in [0.5, 0.6) is 0 Å². The average Bonchev–Trinajstić information content (AvgIpc) is 2.53. The number of nitriles is 1. The molecule has 1 N–H and O–H groups in total. The van der Waals surface area contributed by atoms with Crippen molar-refractivity contribution < 1.29 is 14.8 Å². The summed E-state index contributed by atoms with van der Waals surface area (Å²) >= 11 is 0. The summed E-state index contributed by atoms with van der Waals surface area (Å²) in [6.45, 7) is 4.92. The number of hydrogen-bond donors (Lipinski definition) is 1. The summed E-state index contributed by atoms with van der Waals surface area (Å²) in [6.07, 6.45) is 1.36. The Morgan fingerprint density at radius 3 is 2.54 bits per heavy atom. The number of aromatic nitrogens is 1. The molecule has 1 aromatic carbocycles. The van der Waals surface area contributed by atoms with Crippen LogP contribution >= 0.6 is 0 Å². The summed E-state index contributed by atoms with van der Waals surface area (Å²) in [4.78, 5) is 26.7. The first kappa shape index (κ1) is 17.1. The number of pyridine rings is 1. The lowest BCUT2D eigenvalue weighted by Gasteiger charge is -2.16. The zero-order chi connectivity index (χ0) is 18.1. The van der Waals surface area contributed by atoms with Crippen LogP contribution in [0.1, 0.15) is 26.5 Å². The Hall–Kier alpha value is -3.27. The highest BCUT2D eigenvalue weighted by molar-refractivity contribution is 6.09. The van der Waals surface area contributed by atoms with Gasteiger partial charge in [0.15, 0.2) is 11.5 Å². The number of non-ortho nitro benzene ring substituents is 1. The molecule has 0 saturated heterocycles. The van der Waals surface area contributed by atoms with Crippen LogP contribution in [0.3, 0.4) is 0 Å². The monoisotopic (exact) mass is 325 g/mol. The van der Waals surface area contributed by atoms with Gasteiger partial charge >= 0.3 is 0 Å². The largest absolute Gasteiger partial charge is 0.504 e. The van der Waals surface area contributed by atoms with Crippen LogP contribution in [-0.4, -0.2) is 20.8 Å². The molecule has 0 saturated carbocycles. The Morgan fingerprint density at radius 1 is 1.33 bits per heavy atom. The molecule has 0 spiro atoms. The fourth-order valence-corrected chi connectivity index (χ4v) is 2.17. The van der Waals surface area contributed by atoms with Crippen LogP contribution in [0.2, 0.25) is 0 Å². The molecule has 0 aliphatic heterocycles. The smallest absolute Gasteiger partial charge is 0.270 e. The van der Waals surface area contributed by atoms with Crippen molar-refractivity contribution in [3.05, 3.63) is 51.8 Å². The number of ketones is 1. The molecule has 122 valence electrons. The minimum Gasteiger partial charge on any atom is -0.504 e. The fourth-order valence-electron chi connectivity index (χ4n) is 2.17. The maximum atomic E-state index is 12.3. The number of carbonyl (C=O) groups is 1. The predicted molar refractivity (Wildman–Crippen MR) is 88.0 cm³/mol. The van der Waals surface area contributed by atoms with Gasteiger partial charge in [-0.15, -0.1) is 0 Å². The standard InChI is InChI=1S/C17H15N3O4/c1-17(2,3)16(22)13(9-18)15(21)14-12-5-4-11(20(23)24)8-10(12)6-7-19-14/h4-8,21H,1-3H3. The summed E-state index contributed by atoms with van der Waals surface area (Å²) in [7, 11) is 0. The van der Waals surface area contributed by atoms with Crippen molar-refractivity contribution >= 4 is 28.0 Å². The molecule has 0 atom stereocenters. The van der Waals surface area contributed by atoms with E-state index in [9.17, 15) is 25.3 Å². The van der Waals surface area contributed by atoms with Gasteiger partial charge in [0.2, 0.25) is 0 Å². The number of allylic oxidation sites excluding steroid dienone is 1. The van der Waals surface area contributed by atoms with Crippen molar-refractivity contribution in [2.24, 2.45) is 5.41 Å². The Balaban J connectivity index is 2.71. The molecule has 1 heterocycles. The Labute approximate surface area is 138 Å². The van der Waals surface area contributed by atoms with E-state index in [1.54, 1.807) is 32.9 Å². The number of hydrogen-bond acceptors (Lipinski definition) is 6. The third-order valence-corrected chi connectivity index (χ3v) is 3.44. The molecular weight excluding hydrogens is 310 g/mol. The highest BCUT2D eigenvalue weighted by atomic mass is 16.6. The molecule has 7 heteroatoms. The van der Waals surface area contributed by atoms with Crippen molar-refractivity contribution in [2.75, 3.05) is 0 Å². The van der Waals surface area contributed by atoms with Crippen LogP contribution in [0.15, 0.2) is 36.0 Å². The van der Waals surface area contributed by atoms with E-state index < -0.39 is 21.9 Å². The van der Waals surface area contributed by atoms with Gasteiger partial charge < -0.3 is 5.11 Å². The van der Waals surface area contributed by atoms with E-state index in [0.717, 1.165) is 0 Å². The fraction of sp³-hybridized carbons (Fsp3) is 0.235. The molecule has 24 heavy (non-hydrogen) atoms. The molecule has 0 amide bonds. The molecule has 0 bridgehead atoms. The maximum Gasteiger partial charge on any atom is 0.270 e. The highest BCUT2D eigenvalue weighted by Gasteiger charge is 2.29. The predicted octanol–water partition coefficient (Wildman–Crippen LogP) is 3.55. The van der Waals surface area contributed by atoms with E-state index in [0.29, 0.717) is 10.8 Å². The second-order valence-corrected chi connectivity index (χ2v) is 6.24. The van der Waals surface area contributed by atoms with E-state index in [2.05, 4.69) is 4.98 Å². The number of benzene rings is 1. The highest BCUT2D eigenvalue weighted by Crippen LogP contribution is 2.29. The lowest BCUT2D eigenvalue weighted by molar-refractivity contribution is -0.384. The lowest BCUT2D eigenvalue weighted by Crippen LogP contribution is -2.22. The van der Waals surface area contributed by atoms with Gasteiger partial charge in [-0.2, -0.15) is 5.26 Å². The number of aliphatic hydroxyl groups is 1. The van der Waals surface area contributed by atoms with E-state index in [4.69, 9.17) is 0 Å². The van der Waals surface area contributed by atoms with Crippen molar-refractivity contribution in [1.29, 1.82) is 5.26 Å². The summed E-state index contributed by atoms with van der Waals surface area (Å²) < 4.78 is 0. The second-order valence-electron chi connectivity index (χ2n) is 6.24. The number of nitrogens with zero attached hydrogens (tertiary/aromatic N) is 3. The first-order valence-electron chi connectivity index (χ1n) is 7.08. The number of nitro groups is 1. The summed E-state index contributed by atoms with van der Waals surface area (Å²) in [6, 6.07) is 7.33. The van der Waals surface area contributed by atoms with Gasteiger partial charge in [0, 0.05) is 29.1 Å². The Kier molecular flexibility index (Phi) is 4.33. The van der Waals surface area contributed by atoms with Crippen LogP contribution < -0.4 is 0 Å². The van der Waals surface area contributed by atoms with Gasteiger partial charge in [-0.1, -0.05) is 20.8 Å². The van der Waals surface area contributed by atoms with Gasteiger partial charge in [0.05, 0.1) is 4.92 Å². The first-order valence-corrected chi connectivity index (χ1v) is 7.08. The zero-order valence-electron chi connectivity index (χ0n) is 13.4. The number of aliphatic hydroxyl groups excluding tert-OH is 1. The minimum absolute atomic E-state index is 0.0385.